The molecule has 2 aliphatic carbocycles. The maximum absolute atomic E-state index is 10.6. The molecule has 4 aromatic carbocycles. The minimum absolute atomic E-state index is 0.00661. The van der Waals surface area contributed by atoms with E-state index in [0.29, 0.717) is 18.8 Å². The Bertz CT molecular complexity index is 1960. The van der Waals surface area contributed by atoms with Gasteiger partial charge in [0.1, 0.15) is 11.5 Å². The molecule has 0 aromatic heterocycles. The van der Waals surface area contributed by atoms with Crippen LogP contribution in [0.3, 0.4) is 0 Å². The van der Waals surface area contributed by atoms with Crippen molar-refractivity contribution in [2.45, 2.75) is 44.3 Å². The highest BCUT2D eigenvalue weighted by molar-refractivity contribution is 6.47. The third-order valence-corrected chi connectivity index (χ3v) is 9.49. The number of nitriles is 1. The van der Waals surface area contributed by atoms with E-state index in [1.54, 1.807) is 13.8 Å². The Kier molecular flexibility index (Phi) is 5.89. The molecule has 1 aliphatic heterocycles. The number of benzene rings is 4. The minimum atomic E-state index is -1.01. The van der Waals surface area contributed by atoms with Gasteiger partial charge in [0.15, 0.2) is 0 Å². The minimum Gasteiger partial charge on any atom is -0.457 e. The van der Waals surface area contributed by atoms with Crippen LogP contribution in [0.15, 0.2) is 91.0 Å². The van der Waals surface area contributed by atoms with Crippen LogP contribution in [0.2, 0.25) is 0 Å². The number of ether oxygens (including phenoxy) is 1. The van der Waals surface area contributed by atoms with Crippen molar-refractivity contribution in [1.82, 2.24) is 0 Å². The van der Waals surface area contributed by atoms with Crippen molar-refractivity contribution in [1.29, 1.82) is 5.26 Å². The predicted octanol–water partition coefficient (Wildman–Crippen LogP) is 4.83. The fraction of sp³-hybridized carbons (Fsp3) is 0.216. The zero-order chi connectivity index (χ0) is 29.3. The summed E-state index contributed by atoms with van der Waals surface area (Å²) < 4.78 is 12.9. The van der Waals surface area contributed by atoms with Gasteiger partial charge in [-0.1, -0.05) is 78.9 Å². The molecule has 4 aromatic rings. The van der Waals surface area contributed by atoms with Crippen molar-refractivity contribution < 1.29 is 14.5 Å². The van der Waals surface area contributed by atoms with Crippen LogP contribution in [0.25, 0.3) is 17.7 Å². The Hall–Kier alpha value is -4.37. The van der Waals surface area contributed by atoms with Gasteiger partial charge >= 0.3 is 7.48 Å². The van der Waals surface area contributed by atoms with Crippen LogP contribution in [0.5, 0.6) is 11.5 Å². The maximum Gasteiger partial charge on any atom is 0.309 e. The van der Waals surface area contributed by atoms with E-state index in [4.69, 9.17) is 9.39 Å². The van der Waals surface area contributed by atoms with Gasteiger partial charge in [-0.05, 0) is 84.6 Å². The SMILES string of the molecule is CC(C)(O)C(C)(C)OBc1ccc2c(c1)Oc1cc(C#N)ccc1C21c2ccccc2C2=CC1C=c1ccccc1=C2. The summed E-state index contributed by atoms with van der Waals surface area (Å²) in [5, 5.41) is 22.8. The number of allylic oxidation sites excluding steroid dienone is 2. The fourth-order valence-corrected chi connectivity index (χ4v) is 6.54. The molecule has 42 heavy (non-hydrogen) atoms. The highest BCUT2D eigenvalue weighted by Gasteiger charge is 2.51. The first-order valence-electron chi connectivity index (χ1n) is 14.4. The van der Waals surface area contributed by atoms with Crippen LogP contribution < -0.4 is 20.6 Å². The maximum atomic E-state index is 10.6. The zero-order valence-corrected chi connectivity index (χ0v) is 24.3. The van der Waals surface area contributed by atoms with Crippen LogP contribution in [-0.4, -0.2) is 23.8 Å². The van der Waals surface area contributed by atoms with E-state index in [9.17, 15) is 10.4 Å². The van der Waals surface area contributed by atoms with Gasteiger partial charge < -0.3 is 14.5 Å². The van der Waals surface area contributed by atoms with Gasteiger partial charge in [0.25, 0.3) is 0 Å². The Morgan fingerprint density at radius 3 is 2.29 bits per heavy atom. The fourth-order valence-electron chi connectivity index (χ4n) is 6.54. The second-order valence-corrected chi connectivity index (χ2v) is 12.6. The summed E-state index contributed by atoms with van der Waals surface area (Å²) in [6, 6.07) is 31.7. The Morgan fingerprint density at radius 2 is 1.52 bits per heavy atom. The number of rotatable bonds is 4. The third kappa shape index (κ3) is 3.90. The van der Waals surface area contributed by atoms with E-state index >= 15 is 0 Å². The molecule has 1 N–H and O–H groups in total. The lowest BCUT2D eigenvalue weighted by Crippen LogP contribution is -2.49. The first-order valence-corrected chi connectivity index (χ1v) is 14.4. The smallest absolute Gasteiger partial charge is 0.309 e. The van der Waals surface area contributed by atoms with E-state index in [-0.39, 0.29) is 5.92 Å². The van der Waals surface area contributed by atoms with Crippen molar-refractivity contribution in [3.8, 4) is 17.6 Å². The molecule has 2 atom stereocenters. The summed E-state index contributed by atoms with van der Waals surface area (Å²) in [6.45, 7) is 7.32. The lowest BCUT2D eigenvalue weighted by molar-refractivity contribution is -0.0893. The summed E-state index contributed by atoms with van der Waals surface area (Å²) >= 11 is 0. The molecular weight excluding hydrogens is 517 g/mol. The van der Waals surface area contributed by atoms with Crippen LogP contribution in [-0.2, 0) is 10.1 Å². The van der Waals surface area contributed by atoms with Gasteiger partial charge in [-0.2, -0.15) is 5.26 Å². The van der Waals surface area contributed by atoms with E-state index < -0.39 is 16.6 Å². The van der Waals surface area contributed by atoms with Crippen LogP contribution >= 0.6 is 0 Å². The molecule has 4 nitrogen and oxygen atoms in total. The summed E-state index contributed by atoms with van der Waals surface area (Å²) in [6.07, 6.45) is 7.07. The molecule has 1 heterocycles. The zero-order valence-electron chi connectivity index (χ0n) is 24.3. The molecule has 0 amide bonds. The monoisotopic (exact) mass is 549 g/mol. The number of hydrogen-bond donors (Lipinski definition) is 1. The molecule has 0 fully saturated rings. The average Bonchev–Trinajstić information content (AvgIpc) is 3.15. The highest BCUT2D eigenvalue weighted by Crippen LogP contribution is 2.59. The molecule has 7 rings (SSSR count). The van der Waals surface area contributed by atoms with E-state index in [1.165, 1.54) is 27.1 Å². The third-order valence-electron chi connectivity index (χ3n) is 9.49. The van der Waals surface area contributed by atoms with Gasteiger partial charge in [-0.25, -0.2) is 0 Å². The van der Waals surface area contributed by atoms with E-state index in [2.05, 4.69) is 97.1 Å². The first-order chi connectivity index (χ1) is 20.1. The van der Waals surface area contributed by atoms with E-state index in [1.807, 2.05) is 26.0 Å². The van der Waals surface area contributed by atoms with Gasteiger partial charge in [-0.3, -0.25) is 0 Å². The van der Waals surface area contributed by atoms with Crippen molar-refractivity contribution in [3.63, 3.8) is 0 Å². The van der Waals surface area contributed by atoms with E-state index in [0.717, 1.165) is 22.3 Å². The largest absolute Gasteiger partial charge is 0.457 e. The summed E-state index contributed by atoms with van der Waals surface area (Å²) in [4.78, 5) is 0. The number of fused-ring (bicyclic) bond motifs is 10. The second kappa shape index (κ2) is 9.32. The molecule has 0 saturated heterocycles. The van der Waals surface area contributed by atoms with Gasteiger partial charge in [-0.15, -0.1) is 0 Å². The normalized spacial score (nSPS) is 19.7. The highest BCUT2D eigenvalue weighted by atomic mass is 16.5. The quantitative estimate of drug-likeness (QED) is 0.371. The standard InChI is InChI=1S/C37H32BNO3/c1-35(2,40)36(3,4)42-38-28-14-16-32-34(21-28)41-33-17-23(22-39)13-15-31(33)37(32)27-19-25-10-6-5-9-24(25)18-26(20-27)29-11-7-8-12-30(29)37/h5-21,27,38,40H,1-4H3. The predicted molar refractivity (Wildman–Crippen MR) is 168 cm³/mol. The molecule has 2 unspecified atom stereocenters. The van der Waals surface area contributed by atoms with Gasteiger partial charge in [0.05, 0.1) is 28.2 Å². The van der Waals surface area contributed by atoms with Crippen LogP contribution in [0.4, 0.5) is 0 Å². The summed E-state index contributed by atoms with van der Waals surface area (Å²) in [5.41, 5.74) is 4.93. The molecule has 1 spiro atoms. The van der Waals surface area contributed by atoms with Gasteiger partial charge in [0, 0.05) is 17.0 Å². The number of hydrogen-bond acceptors (Lipinski definition) is 4. The van der Waals surface area contributed by atoms with Crippen molar-refractivity contribution in [2.75, 3.05) is 0 Å². The molecule has 0 radical (unpaired) electrons. The van der Waals surface area contributed by atoms with Crippen molar-refractivity contribution in [2.24, 2.45) is 5.92 Å². The lowest BCUT2D eigenvalue weighted by atomic mass is 9.56. The van der Waals surface area contributed by atoms with Gasteiger partial charge in [0.2, 0.25) is 0 Å². The molecule has 2 bridgehead atoms. The van der Waals surface area contributed by atoms with Crippen LogP contribution in [0, 0.1) is 17.2 Å². The molecule has 5 heteroatoms. The first kappa shape index (κ1) is 26.5. The molecule has 3 aliphatic rings. The van der Waals surface area contributed by atoms with Crippen molar-refractivity contribution in [3.05, 3.63) is 129 Å². The molecular formula is C37H32BNO3. The van der Waals surface area contributed by atoms with Crippen LogP contribution in [0.1, 0.15) is 55.5 Å². The Morgan fingerprint density at radius 1 is 0.833 bits per heavy atom. The average molecular weight is 549 g/mol. The number of aliphatic hydroxyl groups is 1. The lowest BCUT2D eigenvalue weighted by Gasteiger charge is -2.47. The Balaban J connectivity index is 1.48. The van der Waals surface area contributed by atoms with Crippen molar-refractivity contribution >= 4 is 30.7 Å². The Labute approximate surface area is 247 Å². The number of nitrogens with zero attached hydrogens (tertiary/aromatic N) is 1. The summed E-state index contributed by atoms with van der Waals surface area (Å²) in [5.74, 6) is 1.44. The molecule has 206 valence electrons. The topological polar surface area (TPSA) is 62.5 Å². The summed E-state index contributed by atoms with van der Waals surface area (Å²) in [7, 11) is 0.324. The molecule has 0 saturated carbocycles. The second-order valence-electron chi connectivity index (χ2n) is 12.6.